The molecule has 44 heavy (non-hydrogen) atoms. The summed E-state index contributed by atoms with van der Waals surface area (Å²) in [6.45, 7) is 12.4. The summed E-state index contributed by atoms with van der Waals surface area (Å²) in [5, 5.41) is 10.4. The van der Waals surface area contributed by atoms with E-state index in [2.05, 4.69) is 50.5 Å². The van der Waals surface area contributed by atoms with E-state index in [0.717, 1.165) is 50.5 Å². The number of aromatic hydroxyl groups is 1. The highest BCUT2D eigenvalue weighted by Gasteiger charge is 2.41. The van der Waals surface area contributed by atoms with Crippen LogP contribution in [0.2, 0.25) is 0 Å². The number of ether oxygens (including phenoxy) is 1. The fourth-order valence-electron chi connectivity index (χ4n) is 6.55. The normalized spacial score (nSPS) is 20.6. The molecule has 2 aliphatic rings. The molecule has 1 aliphatic carbocycles. The smallest absolute Gasteiger partial charge is 0.227 e. The monoisotopic (exact) mass is 603 g/mol. The average Bonchev–Trinajstić information content (AvgIpc) is 3.02. The molecule has 6 heteroatoms. The summed E-state index contributed by atoms with van der Waals surface area (Å²) >= 11 is 0. The Morgan fingerprint density at radius 2 is 1.98 bits per heavy atom. The molecule has 1 saturated heterocycles. The van der Waals surface area contributed by atoms with E-state index >= 15 is 0 Å². The highest BCUT2D eigenvalue weighted by Crippen LogP contribution is 2.37. The van der Waals surface area contributed by atoms with Crippen LogP contribution >= 0.6 is 0 Å². The molecule has 1 fully saturated rings. The number of hydrogen-bond donors (Lipinski definition) is 1. The minimum atomic E-state index is -0.447. The van der Waals surface area contributed by atoms with Crippen LogP contribution in [0.5, 0.6) is 5.75 Å². The second-order valence-corrected chi connectivity index (χ2v) is 12.8. The van der Waals surface area contributed by atoms with Crippen LogP contribution in [-0.2, 0) is 20.7 Å². The van der Waals surface area contributed by atoms with Crippen molar-refractivity contribution in [3.05, 3.63) is 71.5 Å². The molecule has 1 aromatic rings. The lowest BCUT2D eigenvalue weighted by Gasteiger charge is -2.39. The number of aldehydes is 1. The molecule has 0 saturated carbocycles. The van der Waals surface area contributed by atoms with Crippen molar-refractivity contribution in [3.8, 4) is 5.75 Å². The summed E-state index contributed by atoms with van der Waals surface area (Å²) in [5.74, 6) is 0.628. The van der Waals surface area contributed by atoms with E-state index in [1.54, 1.807) is 17.0 Å². The number of carbonyl (C=O) groups excluding carboxylic acids is 3. The lowest BCUT2D eigenvalue weighted by Crippen LogP contribution is -2.48. The maximum atomic E-state index is 14.1. The number of unbranched alkanes of at least 4 members (excludes halogenated alkanes) is 1. The molecule has 0 spiro atoms. The van der Waals surface area contributed by atoms with Gasteiger partial charge < -0.3 is 14.7 Å². The van der Waals surface area contributed by atoms with E-state index in [4.69, 9.17) is 4.74 Å². The third-order valence-corrected chi connectivity index (χ3v) is 9.24. The SMILES string of the molecule is C=C=C1CN(CCc2ccc(C=O)cc2O)C(=O)C(CC(=O)C(CCOCC)CCC2C=CC=CC2)C1CCCCC(C)C. The van der Waals surface area contributed by atoms with Gasteiger partial charge in [0.25, 0.3) is 0 Å². The lowest BCUT2D eigenvalue weighted by molar-refractivity contribution is -0.142. The molecule has 0 bridgehead atoms. The Kier molecular flexibility index (Phi) is 14.9. The van der Waals surface area contributed by atoms with Gasteiger partial charge in [-0.2, -0.15) is 0 Å². The van der Waals surface area contributed by atoms with Gasteiger partial charge in [-0.3, -0.25) is 14.4 Å². The van der Waals surface area contributed by atoms with Gasteiger partial charge in [-0.1, -0.05) is 76.1 Å². The number of allylic oxidation sites excluding steroid dienone is 4. The summed E-state index contributed by atoms with van der Waals surface area (Å²) in [5.41, 5.74) is 5.25. The molecule has 240 valence electrons. The van der Waals surface area contributed by atoms with Crippen LogP contribution in [0.3, 0.4) is 0 Å². The number of rotatable bonds is 19. The van der Waals surface area contributed by atoms with E-state index in [0.29, 0.717) is 68.4 Å². The number of likely N-dealkylation sites (tertiary alicyclic amines) is 1. The van der Waals surface area contributed by atoms with Gasteiger partial charge in [-0.15, -0.1) is 5.73 Å². The van der Waals surface area contributed by atoms with Crippen molar-refractivity contribution in [2.45, 2.75) is 85.0 Å². The zero-order chi connectivity index (χ0) is 31.9. The Morgan fingerprint density at radius 3 is 2.64 bits per heavy atom. The lowest BCUT2D eigenvalue weighted by atomic mass is 9.74. The van der Waals surface area contributed by atoms with Gasteiger partial charge in [0.2, 0.25) is 5.91 Å². The first kappa shape index (κ1) is 35.3. The van der Waals surface area contributed by atoms with Crippen molar-refractivity contribution in [3.63, 3.8) is 0 Å². The number of benzene rings is 1. The third-order valence-electron chi connectivity index (χ3n) is 9.24. The highest BCUT2D eigenvalue weighted by atomic mass is 16.5. The second-order valence-electron chi connectivity index (χ2n) is 12.8. The Balaban J connectivity index is 1.79. The minimum Gasteiger partial charge on any atom is -0.508 e. The number of Topliss-reactive ketones (excluding diaryl/α,β-unsaturated/α-hetero) is 1. The quantitative estimate of drug-likeness (QED) is 0.0997. The number of piperidine rings is 1. The van der Waals surface area contributed by atoms with Crippen molar-refractivity contribution in [1.82, 2.24) is 4.90 Å². The van der Waals surface area contributed by atoms with Gasteiger partial charge in [0.05, 0.1) is 5.92 Å². The predicted octanol–water partition coefficient (Wildman–Crippen LogP) is 7.66. The number of nitrogens with zero attached hydrogens (tertiary/aromatic N) is 1. The highest BCUT2D eigenvalue weighted by molar-refractivity contribution is 5.89. The van der Waals surface area contributed by atoms with E-state index < -0.39 is 5.92 Å². The molecule has 1 amide bonds. The predicted molar refractivity (Wildman–Crippen MR) is 177 cm³/mol. The average molecular weight is 604 g/mol. The Hall–Kier alpha value is -3.21. The first-order valence-electron chi connectivity index (χ1n) is 16.7. The Morgan fingerprint density at radius 1 is 1.16 bits per heavy atom. The molecule has 4 unspecified atom stereocenters. The van der Waals surface area contributed by atoms with E-state index in [1.807, 2.05) is 6.92 Å². The van der Waals surface area contributed by atoms with Crippen LogP contribution in [0.15, 0.2) is 60.4 Å². The second kappa shape index (κ2) is 18.6. The molecular formula is C38H53NO5. The molecule has 1 aromatic carbocycles. The summed E-state index contributed by atoms with van der Waals surface area (Å²) in [7, 11) is 0. The molecule has 1 N–H and O–H groups in total. The van der Waals surface area contributed by atoms with Gasteiger partial charge in [0.15, 0.2) is 0 Å². The summed E-state index contributed by atoms with van der Waals surface area (Å²) in [6, 6.07) is 4.86. The molecule has 3 rings (SSSR count). The summed E-state index contributed by atoms with van der Waals surface area (Å²) < 4.78 is 5.66. The number of phenols is 1. The van der Waals surface area contributed by atoms with E-state index in [1.165, 1.54) is 6.07 Å². The molecule has 0 aromatic heterocycles. The van der Waals surface area contributed by atoms with E-state index in [-0.39, 0.29) is 35.7 Å². The van der Waals surface area contributed by atoms with Crippen molar-refractivity contribution in [1.29, 1.82) is 0 Å². The zero-order valence-corrected chi connectivity index (χ0v) is 27.1. The summed E-state index contributed by atoms with van der Waals surface area (Å²) in [4.78, 5) is 41.0. The van der Waals surface area contributed by atoms with Crippen LogP contribution in [0.4, 0.5) is 0 Å². The topological polar surface area (TPSA) is 83.9 Å². The van der Waals surface area contributed by atoms with Crippen LogP contribution in [0.1, 0.15) is 94.5 Å². The van der Waals surface area contributed by atoms with Gasteiger partial charge >= 0.3 is 0 Å². The fraction of sp³-hybridized carbons (Fsp3) is 0.579. The molecule has 1 aliphatic heterocycles. The molecule has 1 heterocycles. The van der Waals surface area contributed by atoms with Crippen LogP contribution < -0.4 is 0 Å². The third kappa shape index (κ3) is 10.7. The molecule has 4 atom stereocenters. The minimum absolute atomic E-state index is 0.000815. The Bertz CT molecular complexity index is 1210. The number of carbonyl (C=O) groups is 3. The van der Waals surface area contributed by atoms with Crippen molar-refractivity contribution in [2.24, 2.45) is 29.6 Å². The number of ketones is 1. The zero-order valence-electron chi connectivity index (χ0n) is 27.1. The van der Waals surface area contributed by atoms with Gasteiger partial charge in [-0.25, -0.2) is 0 Å². The summed E-state index contributed by atoms with van der Waals surface area (Å²) in [6.07, 6.45) is 17.4. The van der Waals surface area contributed by atoms with E-state index in [9.17, 15) is 19.5 Å². The van der Waals surface area contributed by atoms with Gasteiger partial charge in [-0.05, 0) is 74.5 Å². The largest absolute Gasteiger partial charge is 0.508 e. The van der Waals surface area contributed by atoms with Gasteiger partial charge in [0, 0.05) is 50.1 Å². The fourth-order valence-corrected chi connectivity index (χ4v) is 6.55. The molecular weight excluding hydrogens is 550 g/mol. The molecule has 6 nitrogen and oxygen atoms in total. The van der Waals surface area contributed by atoms with Crippen LogP contribution in [0, 0.1) is 29.6 Å². The first-order chi connectivity index (χ1) is 21.3. The van der Waals surface area contributed by atoms with Crippen molar-refractivity contribution in [2.75, 3.05) is 26.3 Å². The first-order valence-corrected chi connectivity index (χ1v) is 16.7. The standard InChI is InChI=1S/C38H53NO5/c1-5-31-26-39(22-20-32-19-17-30(27-40)24-36(32)41)38(43)35(34(31)15-11-10-12-28(3)4)25-37(42)33(21-23-44-6-2)18-16-29-13-8-7-9-14-29/h7-9,13,17,19,24,27-29,33-35,41H,1,6,10-12,14-16,18,20-23,25-26H2,2-4H3. The van der Waals surface area contributed by atoms with Crippen molar-refractivity contribution < 1.29 is 24.2 Å². The van der Waals surface area contributed by atoms with Gasteiger partial charge in [0.1, 0.15) is 17.8 Å². The van der Waals surface area contributed by atoms with Crippen molar-refractivity contribution >= 4 is 18.0 Å². The number of hydrogen-bond acceptors (Lipinski definition) is 5. The maximum absolute atomic E-state index is 14.1. The maximum Gasteiger partial charge on any atom is 0.227 e. The molecule has 0 radical (unpaired) electrons. The Labute approximate surface area is 264 Å². The number of amides is 1. The number of phenolic OH excluding ortho intramolecular Hbond substituents is 1. The van der Waals surface area contributed by atoms with Crippen LogP contribution in [-0.4, -0.2) is 54.3 Å². The van der Waals surface area contributed by atoms with Crippen LogP contribution in [0.25, 0.3) is 0 Å².